The van der Waals surface area contributed by atoms with Crippen LogP contribution in [-0.2, 0) is 13.0 Å². The van der Waals surface area contributed by atoms with Crippen molar-refractivity contribution in [1.82, 2.24) is 14.8 Å². The molecule has 1 heterocycles. The van der Waals surface area contributed by atoms with Gasteiger partial charge < -0.3 is 4.57 Å². The molecule has 0 unspecified atom stereocenters. The lowest BCUT2D eigenvalue weighted by Gasteiger charge is -2.08. The van der Waals surface area contributed by atoms with Crippen LogP contribution in [0.25, 0.3) is 0 Å². The van der Waals surface area contributed by atoms with Crippen molar-refractivity contribution in [3.63, 3.8) is 0 Å². The molecule has 19 heavy (non-hydrogen) atoms. The van der Waals surface area contributed by atoms with Gasteiger partial charge in [-0.3, -0.25) is 0 Å². The molecule has 1 aromatic carbocycles. The summed E-state index contributed by atoms with van der Waals surface area (Å²) in [7, 11) is 0. The van der Waals surface area contributed by atoms with Gasteiger partial charge in [-0.1, -0.05) is 55.9 Å². The van der Waals surface area contributed by atoms with Crippen LogP contribution in [0.15, 0.2) is 35.5 Å². The summed E-state index contributed by atoms with van der Waals surface area (Å²) < 4.78 is 2.27. The molecule has 0 N–H and O–H groups in total. The average Bonchev–Trinajstić information content (AvgIpc) is 2.81. The van der Waals surface area contributed by atoms with E-state index in [1.54, 1.807) is 0 Å². The monoisotopic (exact) mass is 275 g/mol. The van der Waals surface area contributed by atoms with Crippen LogP contribution in [0.1, 0.15) is 38.1 Å². The zero-order valence-electron chi connectivity index (χ0n) is 11.7. The van der Waals surface area contributed by atoms with Crippen molar-refractivity contribution in [2.45, 2.75) is 44.8 Å². The van der Waals surface area contributed by atoms with Gasteiger partial charge in [-0.05, 0) is 18.4 Å². The normalized spacial score (nSPS) is 10.8. The van der Waals surface area contributed by atoms with Crippen molar-refractivity contribution >= 4 is 11.8 Å². The van der Waals surface area contributed by atoms with E-state index in [2.05, 4.69) is 52.9 Å². The van der Waals surface area contributed by atoms with Gasteiger partial charge in [0.05, 0.1) is 0 Å². The maximum absolute atomic E-state index is 4.38. The molecule has 0 aliphatic carbocycles. The first-order chi connectivity index (χ1) is 9.35. The summed E-state index contributed by atoms with van der Waals surface area (Å²) in [5, 5.41) is 9.78. The Labute approximate surface area is 119 Å². The van der Waals surface area contributed by atoms with Gasteiger partial charge in [0, 0.05) is 18.7 Å². The standard InChI is InChI=1S/C15H21N3S/c1-3-10-18-14(12-13-8-6-5-7-9-13)16-17-15(18)19-11-4-2/h5-9H,3-4,10-12H2,1-2H3. The van der Waals surface area contributed by atoms with Gasteiger partial charge in [0.2, 0.25) is 0 Å². The Bertz CT molecular complexity index is 493. The maximum atomic E-state index is 4.38. The Morgan fingerprint density at radius 1 is 1.05 bits per heavy atom. The lowest BCUT2D eigenvalue weighted by Crippen LogP contribution is -2.05. The van der Waals surface area contributed by atoms with Gasteiger partial charge in [-0.25, -0.2) is 0 Å². The lowest BCUT2D eigenvalue weighted by molar-refractivity contribution is 0.598. The van der Waals surface area contributed by atoms with E-state index >= 15 is 0 Å². The number of nitrogens with zero attached hydrogens (tertiary/aromatic N) is 3. The maximum Gasteiger partial charge on any atom is 0.191 e. The first kappa shape index (κ1) is 14.1. The predicted octanol–water partition coefficient (Wildman–Crippen LogP) is 3.78. The molecule has 0 spiro atoms. The van der Waals surface area contributed by atoms with E-state index in [4.69, 9.17) is 0 Å². The first-order valence-electron chi connectivity index (χ1n) is 6.94. The van der Waals surface area contributed by atoms with Crippen molar-refractivity contribution in [2.75, 3.05) is 5.75 Å². The fraction of sp³-hybridized carbons (Fsp3) is 0.467. The third kappa shape index (κ3) is 3.83. The quantitative estimate of drug-likeness (QED) is 0.720. The number of thioether (sulfide) groups is 1. The minimum atomic E-state index is 0.862. The summed E-state index contributed by atoms with van der Waals surface area (Å²) in [5.74, 6) is 2.18. The number of aromatic nitrogens is 3. The molecule has 2 rings (SSSR count). The Kier molecular flexibility index (Phi) is 5.45. The number of hydrogen-bond donors (Lipinski definition) is 0. The molecule has 102 valence electrons. The Hall–Kier alpha value is -1.29. The summed E-state index contributed by atoms with van der Waals surface area (Å²) in [6.07, 6.45) is 3.14. The Morgan fingerprint density at radius 2 is 1.84 bits per heavy atom. The smallest absolute Gasteiger partial charge is 0.191 e. The largest absolute Gasteiger partial charge is 0.306 e. The highest BCUT2D eigenvalue weighted by Crippen LogP contribution is 2.19. The third-order valence-electron chi connectivity index (χ3n) is 2.88. The van der Waals surface area contributed by atoms with E-state index in [-0.39, 0.29) is 0 Å². The minimum Gasteiger partial charge on any atom is -0.306 e. The molecule has 0 radical (unpaired) electrons. The van der Waals surface area contributed by atoms with Crippen LogP contribution in [0.4, 0.5) is 0 Å². The molecule has 1 aromatic heterocycles. The van der Waals surface area contributed by atoms with E-state index in [1.165, 1.54) is 5.56 Å². The summed E-state index contributed by atoms with van der Waals surface area (Å²) in [6, 6.07) is 10.5. The van der Waals surface area contributed by atoms with Gasteiger partial charge in [0.25, 0.3) is 0 Å². The van der Waals surface area contributed by atoms with Crippen LogP contribution in [0.3, 0.4) is 0 Å². The highest BCUT2D eigenvalue weighted by molar-refractivity contribution is 7.99. The molecule has 0 bridgehead atoms. The summed E-state index contributed by atoms with van der Waals surface area (Å²) in [6.45, 7) is 5.39. The fourth-order valence-electron chi connectivity index (χ4n) is 1.98. The molecule has 0 fully saturated rings. The zero-order chi connectivity index (χ0) is 13.5. The van der Waals surface area contributed by atoms with E-state index in [9.17, 15) is 0 Å². The van der Waals surface area contributed by atoms with Crippen molar-refractivity contribution in [2.24, 2.45) is 0 Å². The Balaban J connectivity index is 2.17. The van der Waals surface area contributed by atoms with Gasteiger partial charge in [-0.15, -0.1) is 10.2 Å². The van der Waals surface area contributed by atoms with Crippen molar-refractivity contribution in [1.29, 1.82) is 0 Å². The van der Waals surface area contributed by atoms with Crippen LogP contribution < -0.4 is 0 Å². The second-order valence-corrected chi connectivity index (χ2v) is 5.62. The van der Waals surface area contributed by atoms with Crippen LogP contribution in [0.5, 0.6) is 0 Å². The highest BCUT2D eigenvalue weighted by Gasteiger charge is 2.11. The fourth-order valence-corrected chi connectivity index (χ4v) is 2.81. The van der Waals surface area contributed by atoms with Crippen LogP contribution >= 0.6 is 11.8 Å². The molecular weight excluding hydrogens is 254 g/mol. The molecule has 4 heteroatoms. The topological polar surface area (TPSA) is 30.7 Å². The zero-order valence-corrected chi connectivity index (χ0v) is 12.5. The molecule has 0 aliphatic heterocycles. The first-order valence-corrected chi connectivity index (χ1v) is 7.92. The summed E-state index contributed by atoms with van der Waals surface area (Å²) in [4.78, 5) is 0. The van der Waals surface area contributed by atoms with Gasteiger partial charge in [-0.2, -0.15) is 0 Å². The van der Waals surface area contributed by atoms with Crippen molar-refractivity contribution in [3.8, 4) is 0 Å². The molecular formula is C15H21N3S. The third-order valence-corrected chi connectivity index (χ3v) is 4.05. The molecule has 2 aromatic rings. The highest BCUT2D eigenvalue weighted by atomic mass is 32.2. The van der Waals surface area contributed by atoms with E-state index in [1.807, 2.05) is 17.8 Å². The minimum absolute atomic E-state index is 0.862. The molecule has 0 saturated heterocycles. The van der Waals surface area contributed by atoms with Gasteiger partial charge in [0.15, 0.2) is 5.16 Å². The summed E-state index contributed by atoms with van der Waals surface area (Å²) >= 11 is 1.81. The van der Waals surface area contributed by atoms with Crippen LogP contribution in [0.2, 0.25) is 0 Å². The van der Waals surface area contributed by atoms with Crippen molar-refractivity contribution in [3.05, 3.63) is 41.7 Å². The number of rotatable bonds is 7. The number of hydrogen-bond acceptors (Lipinski definition) is 3. The van der Waals surface area contributed by atoms with Gasteiger partial charge in [0.1, 0.15) is 5.82 Å². The SMILES string of the molecule is CCCSc1nnc(Cc2ccccc2)n1CCC. The second-order valence-electron chi connectivity index (χ2n) is 4.56. The van der Waals surface area contributed by atoms with Gasteiger partial charge >= 0.3 is 0 Å². The van der Waals surface area contributed by atoms with E-state index in [0.717, 1.165) is 42.5 Å². The molecule has 3 nitrogen and oxygen atoms in total. The molecule has 0 aliphatic rings. The molecule has 0 amide bonds. The molecule has 0 atom stereocenters. The van der Waals surface area contributed by atoms with Crippen LogP contribution in [0, 0.1) is 0 Å². The molecule has 0 saturated carbocycles. The lowest BCUT2D eigenvalue weighted by atomic mass is 10.1. The van der Waals surface area contributed by atoms with E-state index < -0.39 is 0 Å². The average molecular weight is 275 g/mol. The number of benzene rings is 1. The Morgan fingerprint density at radius 3 is 2.53 bits per heavy atom. The second kappa shape index (κ2) is 7.34. The van der Waals surface area contributed by atoms with E-state index in [0.29, 0.717) is 0 Å². The van der Waals surface area contributed by atoms with Crippen LogP contribution in [-0.4, -0.2) is 20.5 Å². The summed E-state index contributed by atoms with van der Waals surface area (Å²) in [5.41, 5.74) is 1.29. The van der Waals surface area contributed by atoms with Crippen molar-refractivity contribution < 1.29 is 0 Å². The predicted molar refractivity (Wildman–Crippen MR) is 80.6 cm³/mol.